The quantitative estimate of drug-likeness (QED) is 0.152. The molecule has 0 fully saturated rings. The molecule has 15 rings (SSSR count). The van der Waals surface area contributed by atoms with Gasteiger partial charge in [0.1, 0.15) is 5.69 Å². The lowest BCUT2D eigenvalue weighted by atomic mass is 9.92. The van der Waals surface area contributed by atoms with Gasteiger partial charge in [0.05, 0.1) is 27.8 Å². The molecule has 0 saturated carbocycles. The van der Waals surface area contributed by atoms with Crippen molar-refractivity contribution in [1.82, 2.24) is 29.1 Å². The van der Waals surface area contributed by atoms with E-state index < -0.39 is 0 Å². The zero-order chi connectivity index (χ0) is 49.4. The zero-order valence-electron chi connectivity index (χ0n) is 40.3. The van der Waals surface area contributed by atoms with Crippen molar-refractivity contribution >= 4 is 75.1 Å². The number of rotatable bonds is 8. The summed E-state index contributed by atoms with van der Waals surface area (Å²) in [6, 6.07) is 88.6. The van der Waals surface area contributed by atoms with Gasteiger partial charge < -0.3 is 9.13 Å². The van der Waals surface area contributed by atoms with Crippen molar-refractivity contribution < 1.29 is 0 Å². The third kappa shape index (κ3) is 7.01. The van der Waals surface area contributed by atoms with Crippen LogP contribution < -0.4 is 0 Å². The molecule has 350 valence electrons. The maximum Gasteiger partial charge on any atom is 0.182 e. The first-order valence-corrected chi connectivity index (χ1v) is 26.0. The van der Waals surface area contributed by atoms with Gasteiger partial charge in [-0.2, -0.15) is 0 Å². The number of benzene rings is 10. The van der Waals surface area contributed by atoms with Crippen LogP contribution in [0.4, 0.5) is 0 Å². The summed E-state index contributed by atoms with van der Waals surface area (Å²) in [5.74, 6) is 1.64. The lowest BCUT2D eigenvalue weighted by Gasteiger charge is -2.21. The number of nitrogens with zero attached hydrogens (tertiary/aromatic N) is 6. The van der Waals surface area contributed by atoms with Crippen molar-refractivity contribution in [3.63, 3.8) is 0 Å². The molecule has 5 aromatic heterocycles. The fourth-order valence-corrected chi connectivity index (χ4v) is 12.7. The van der Waals surface area contributed by atoms with E-state index in [-0.39, 0.29) is 0 Å². The van der Waals surface area contributed by atoms with E-state index in [1.54, 1.807) is 6.20 Å². The Kier molecular flexibility index (Phi) is 9.96. The van der Waals surface area contributed by atoms with E-state index in [1.807, 2.05) is 35.6 Å². The van der Waals surface area contributed by atoms with Crippen LogP contribution in [-0.2, 0) is 0 Å². The molecule has 0 N–H and O–H groups in total. The second-order valence-electron chi connectivity index (χ2n) is 18.9. The molecule has 0 aliphatic rings. The number of aromatic nitrogens is 6. The number of hydrogen-bond donors (Lipinski definition) is 0. The van der Waals surface area contributed by atoms with E-state index >= 15 is 0 Å². The molecule has 5 heterocycles. The van der Waals surface area contributed by atoms with Gasteiger partial charge in [-0.1, -0.05) is 188 Å². The lowest BCUT2D eigenvalue weighted by Crippen LogP contribution is -2.04. The molecule has 6 nitrogen and oxygen atoms in total. The molecular weight excluding hydrogens is 933 g/mol. The molecule has 0 spiro atoms. The Labute approximate surface area is 435 Å². The second kappa shape index (κ2) is 17.4. The van der Waals surface area contributed by atoms with Crippen LogP contribution in [0.5, 0.6) is 0 Å². The first kappa shape index (κ1) is 42.8. The minimum absolute atomic E-state index is 0.506. The Morgan fingerprint density at radius 2 is 0.760 bits per heavy atom. The van der Waals surface area contributed by atoms with Gasteiger partial charge in [-0.25, -0.2) is 15.0 Å². The summed E-state index contributed by atoms with van der Waals surface area (Å²) < 4.78 is 7.49. The summed E-state index contributed by atoms with van der Waals surface area (Å²) in [5.41, 5.74) is 15.9. The van der Waals surface area contributed by atoms with E-state index in [4.69, 9.17) is 19.9 Å². The summed E-state index contributed by atoms with van der Waals surface area (Å²) in [7, 11) is 0. The van der Waals surface area contributed by atoms with Crippen molar-refractivity contribution in [1.29, 1.82) is 0 Å². The highest BCUT2D eigenvalue weighted by Crippen LogP contribution is 2.50. The number of para-hydroxylation sites is 3. The summed E-state index contributed by atoms with van der Waals surface area (Å²) in [5, 5.41) is 7.52. The molecule has 15 aromatic rings. The van der Waals surface area contributed by atoms with Gasteiger partial charge in [0.25, 0.3) is 0 Å². The van der Waals surface area contributed by atoms with E-state index in [0.717, 1.165) is 66.9 Å². The monoisotopic (exact) mass is 974 g/mol. The van der Waals surface area contributed by atoms with Gasteiger partial charge in [0, 0.05) is 75.9 Å². The summed E-state index contributed by atoms with van der Waals surface area (Å²) >= 11 is 1.91. The van der Waals surface area contributed by atoms with Crippen LogP contribution in [0, 0.1) is 0 Å². The van der Waals surface area contributed by atoms with Crippen LogP contribution in [0.2, 0.25) is 0 Å². The number of hydrogen-bond acceptors (Lipinski definition) is 5. The summed E-state index contributed by atoms with van der Waals surface area (Å²) in [6.45, 7) is 0. The van der Waals surface area contributed by atoms with Crippen molar-refractivity contribution in [2.75, 3.05) is 0 Å². The highest BCUT2D eigenvalue weighted by molar-refractivity contribution is 7.27. The minimum Gasteiger partial charge on any atom is -0.309 e. The van der Waals surface area contributed by atoms with Crippen LogP contribution in [0.15, 0.2) is 255 Å². The fraction of sp³-hybridized carbons (Fsp3) is 0. The van der Waals surface area contributed by atoms with Gasteiger partial charge in [-0.15, -0.1) is 11.3 Å². The molecule has 0 radical (unpaired) electrons. The number of pyridine rings is 1. The van der Waals surface area contributed by atoms with Gasteiger partial charge in [0.15, 0.2) is 17.5 Å². The first-order valence-electron chi connectivity index (χ1n) is 25.2. The minimum atomic E-state index is 0.506. The number of thiophene rings is 1. The maximum absolute atomic E-state index is 5.32. The van der Waals surface area contributed by atoms with Crippen LogP contribution in [-0.4, -0.2) is 29.1 Å². The highest BCUT2D eigenvalue weighted by atomic mass is 32.1. The molecule has 0 bridgehead atoms. The molecule has 0 amide bonds. The molecule has 0 atom stereocenters. The van der Waals surface area contributed by atoms with Crippen molar-refractivity contribution in [3.05, 3.63) is 255 Å². The average Bonchev–Trinajstić information content (AvgIpc) is 4.30. The smallest absolute Gasteiger partial charge is 0.182 e. The maximum atomic E-state index is 5.32. The molecule has 10 aromatic carbocycles. The van der Waals surface area contributed by atoms with E-state index in [9.17, 15) is 0 Å². The van der Waals surface area contributed by atoms with E-state index in [0.29, 0.717) is 23.2 Å². The SMILES string of the molecule is c1ccc(-c2ccc(-c3nc(-c4cc(-c5ccccc5)c(-n5c6ccccc6c6c7sc8c(ccc9c8c8ccccc8n9-c8ccccc8)c7ccc65)c(-c5ccccc5)c4)nc(-c4ccccn4)n3)cc2)cc1. The Bertz CT molecular complexity index is 4600. The Balaban J connectivity index is 0.999. The largest absolute Gasteiger partial charge is 0.309 e. The van der Waals surface area contributed by atoms with E-state index in [2.05, 4.69) is 234 Å². The summed E-state index contributed by atoms with van der Waals surface area (Å²) in [6.07, 6.45) is 1.78. The topological polar surface area (TPSA) is 61.4 Å². The Morgan fingerprint density at radius 1 is 0.307 bits per heavy atom. The fourth-order valence-electron chi connectivity index (χ4n) is 11.3. The third-order valence-electron chi connectivity index (χ3n) is 14.6. The molecule has 0 aliphatic heterocycles. The van der Waals surface area contributed by atoms with Gasteiger partial charge in [-0.05, 0) is 82.9 Å². The van der Waals surface area contributed by atoms with Crippen molar-refractivity contribution in [3.8, 4) is 79.0 Å². The lowest BCUT2D eigenvalue weighted by molar-refractivity contribution is 1.06. The van der Waals surface area contributed by atoms with Gasteiger partial charge in [0.2, 0.25) is 0 Å². The van der Waals surface area contributed by atoms with Gasteiger partial charge in [-0.3, -0.25) is 4.98 Å². The average molecular weight is 975 g/mol. The predicted octanol–water partition coefficient (Wildman–Crippen LogP) is 17.8. The van der Waals surface area contributed by atoms with Crippen molar-refractivity contribution in [2.24, 2.45) is 0 Å². The van der Waals surface area contributed by atoms with Crippen LogP contribution in [0.1, 0.15) is 0 Å². The Hall–Kier alpha value is -9.82. The molecular formula is C68H42N6S. The predicted molar refractivity (Wildman–Crippen MR) is 312 cm³/mol. The zero-order valence-corrected chi connectivity index (χ0v) is 41.2. The highest BCUT2D eigenvalue weighted by Gasteiger charge is 2.26. The Morgan fingerprint density at radius 3 is 1.33 bits per heavy atom. The first-order chi connectivity index (χ1) is 37.2. The van der Waals surface area contributed by atoms with Crippen LogP contribution in [0.3, 0.4) is 0 Å². The van der Waals surface area contributed by atoms with E-state index in [1.165, 1.54) is 52.8 Å². The standard InChI is InChI=1S/C68H42N6S/c1-5-19-43(20-6-1)44-32-34-47(35-33-44)66-70-67(72-68(71-66)56-29-17-18-40-69-56)48-41-54(45-21-7-2-8-22-45)63(55(42-48)46-23-9-3-10-24-46)74-58-31-16-14-28-53(58)62-60(74)39-37-51-50-36-38-59-61(64(50)75-65(51)62)52-27-13-15-30-57(52)73(59)49-25-11-4-12-26-49/h1-42H. The molecule has 0 aliphatic carbocycles. The van der Waals surface area contributed by atoms with Crippen LogP contribution in [0.25, 0.3) is 143 Å². The van der Waals surface area contributed by atoms with Gasteiger partial charge >= 0.3 is 0 Å². The summed E-state index contributed by atoms with van der Waals surface area (Å²) in [4.78, 5) is 20.4. The van der Waals surface area contributed by atoms with Crippen molar-refractivity contribution in [2.45, 2.75) is 0 Å². The normalized spacial score (nSPS) is 11.7. The third-order valence-corrected chi connectivity index (χ3v) is 15.9. The number of fused-ring (bicyclic) bond motifs is 11. The molecule has 7 heteroatoms. The molecule has 0 saturated heterocycles. The molecule has 0 unspecified atom stereocenters. The molecule has 75 heavy (non-hydrogen) atoms. The van der Waals surface area contributed by atoms with Crippen LogP contribution >= 0.6 is 11.3 Å². The second-order valence-corrected chi connectivity index (χ2v) is 20.0.